The van der Waals surface area contributed by atoms with Crippen LogP contribution in [-0.2, 0) is 9.84 Å². The molecule has 1 N–H and O–H groups in total. The van der Waals surface area contributed by atoms with Gasteiger partial charge in [0.25, 0.3) is 6.43 Å². The Kier molecular flexibility index (Phi) is 4.91. The summed E-state index contributed by atoms with van der Waals surface area (Å²) in [5, 5.41) is 16.3. The van der Waals surface area contributed by atoms with Gasteiger partial charge in [-0.25, -0.2) is 26.9 Å². The molecule has 0 atom stereocenters. The number of sulfone groups is 1. The number of nitriles is 1. The molecule has 2 aromatic rings. The van der Waals surface area contributed by atoms with Crippen molar-refractivity contribution >= 4 is 15.7 Å². The van der Waals surface area contributed by atoms with Gasteiger partial charge in [-0.3, -0.25) is 0 Å². The van der Waals surface area contributed by atoms with Gasteiger partial charge in [-0.2, -0.15) is 10.4 Å². The molecular weight excluding hydrogens is 364 g/mol. The minimum atomic E-state index is -3.48. The molecule has 0 saturated heterocycles. The smallest absolute Gasteiger partial charge is 0.283 e. The number of halogens is 2. The van der Waals surface area contributed by atoms with Gasteiger partial charge in [0.15, 0.2) is 14.9 Å². The molecule has 3 rings (SSSR count). The van der Waals surface area contributed by atoms with Crippen molar-refractivity contribution in [3.63, 3.8) is 0 Å². The number of hydrogen-bond acceptors (Lipinski definition) is 6. The largest absolute Gasteiger partial charge is 0.366 e. The first kappa shape index (κ1) is 18.3. The van der Waals surface area contributed by atoms with Crippen molar-refractivity contribution in [3.8, 4) is 11.8 Å². The van der Waals surface area contributed by atoms with E-state index in [0.29, 0.717) is 5.69 Å². The van der Waals surface area contributed by atoms with Crippen LogP contribution in [0.1, 0.15) is 43.4 Å². The van der Waals surface area contributed by atoms with Gasteiger partial charge in [0.1, 0.15) is 23.1 Å². The molecule has 0 aliphatic heterocycles. The summed E-state index contributed by atoms with van der Waals surface area (Å²) in [5.74, 6) is 0.184. The van der Waals surface area contributed by atoms with E-state index in [-0.39, 0.29) is 22.4 Å². The van der Waals surface area contributed by atoms with E-state index in [4.69, 9.17) is 0 Å². The zero-order chi connectivity index (χ0) is 18.9. The van der Waals surface area contributed by atoms with Crippen LogP contribution in [0.25, 0.3) is 5.69 Å². The van der Waals surface area contributed by atoms with Crippen LogP contribution >= 0.6 is 0 Å². The van der Waals surface area contributed by atoms with E-state index in [9.17, 15) is 22.5 Å². The maximum Gasteiger partial charge on any atom is 0.283 e. The van der Waals surface area contributed by atoms with E-state index >= 15 is 0 Å². The fourth-order valence-corrected chi connectivity index (χ4v) is 3.56. The first-order chi connectivity index (χ1) is 12.3. The number of anilines is 1. The normalized spacial score (nSPS) is 15.3. The lowest BCUT2D eigenvalue weighted by Gasteiger charge is -2.15. The molecule has 0 bridgehead atoms. The second-order valence-corrected chi connectivity index (χ2v) is 8.15. The zero-order valence-electron chi connectivity index (χ0n) is 14.0. The molecule has 7 nitrogen and oxygen atoms in total. The summed E-state index contributed by atoms with van der Waals surface area (Å²) >= 11 is 0. The van der Waals surface area contributed by atoms with E-state index in [1.807, 2.05) is 0 Å². The summed E-state index contributed by atoms with van der Waals surface area (Å²) in [6.07, 6.45) is 3.17. The van der Waals surface area contributed by atoms with Gasteiger partial charge in [-0.15, -0.1) is 0 Å². The van der Waals surface area contributed by atoms with Gasteiger partial charge in [0.05, 0.1) is 11.9 Å². The van der Waals surface area contributed by atoms with Gasteiger partial charge >= 0.3 is 0 Å². The summed E-state index contributed by atoms with van der Waals surface area (Å²) < 4.78 is 50.9. The summed E-state index contributed by atoms with van der Waals surface area (Å²) in [6, 6.07) is 4.58. The molecule has 0 aromatic carbocycles. The first-order valence-electron chi connectivity index (χ1n) is 8.05. The summed E-state index contributed by atoms with van der Waals surface area (Å²) in [6.45, 7) is 0. The van der Waals surface area contributed by atoms with Crippen LogP contribution in [-0.4, -0.2) is 35.5 Å². The van der Waals surface area contributed by atoms with Crippen molar-refractivity contribution in [1.82, 2.24) is 14.8 Å². The number of aromatic nitrogens is 3. The highest BCUT2D eigenvalue weighted by atomic mass is 32.2. The fourth-order valence-electron chi connectivity index (χ4n) is 3.00. The molecule has 0 amide bonds. The highest BCUT2D eigenvalue weighted by Gasteiger charge is 2.27. The molecule has 26 heavy (non-hydrogen) atoms. The lowest BCUT2D eigenvalue weighted by atomic mass is 10.2. The summed E-state index contributed by atoms with van der Waals surface area (Å²) in [5.41, 5.74) is -0.527. The van der Waals surface area contributed by atoms with Gasteiger partial charge in [0, 0.05) is 12.3 Å². The topological polar surface area (TPSA) is 101 Å². The van der Waals surface area contributed by atoms with Crippen molar-refractivity contribution in [2.24, 2.45) is 0 Å². The molecule has 0 unspecified atom stereocenters. The monoisotopic (exact) mass is 381 g/mol. The predicted molar refractivity (Wildman–Crippen MR) is 90.0 cm³/mol. The van der Waals surface area contributed by atoms with Crippen LogP contribution < -0.4 is 5.32 Å². The van der Waals surface area contributed by atoms with Gasteiger partial charge in [-0.05, 0) is 25.0 Å². The minimum Gasteiger partial charge on any atom is -0.366 e. The Morgan fingerprint density at radius 2 is 2.04 bits per heavy atom. The lowest BCUT2D eigenvalue weighted by molar-refractivity contribution is 0.145. The van der Waals surface area contributed by atoms with Crippen molar-refractivity contribution < 1.29 is 17.2 Å². The fraction of sp³-hybridized carbons (Fsp3) is 0.438. The Morgan fingerprint density at radius 3 is 2.54 bits per heavy atom. The molecule has 1 fully saturated rings. The summed E-state index contributed by atoms with van der Waals surface area (Å²) in [7, 11) is -3.48. The van der Waals surface area contributed by atoms with Crippen LogP contribution in [0.15, 0.2) is 23.4 Å². The lowest BCUT2D eigenvalue weighted by Crippen LogP contribution is -2.18. The van der Waals surface area contributed by atoms with Crippen LogP contribution in [0.5, 0.6) is 0 Å². The molecule has 138 valence electrons. The average Bonchev–Trinajstić information content (AvgIpc) is 3.22. The molecule has 1 saturated carbocycles. The standard InChI is InChI=1S/C16H17F2N5O2S/c1-26(24,25)13-7-6-11(9-20-13)23-16(21-10-4-2-3-5-10)12(8-19)14(22-23)15(17)18/h6-7,9-10,15,21H,2-5H2,1H3. The maximum atomic E-state index is 13.3. The molecular formula is C16H17F2N5O2S. The molecule has 10 heteroatoms. The molecule has 0 radical (unpaired) electrons. The Hall–Kier alpha value is -2.54. The number of hydrogen-bond donors (Lipinski definition) is 1. The number of pyridine rings is 1. The molecule has 2 heterocycles. The highest BCUT2D eigenvalue weighted by molar-refractivity contribution is 7.90. The third-order valence-electron chi connectivity index (χ3n) is 4.27. The number of nitrogens with one attached hydrogen (secondary N) is 1. The van der Waals surface area contributed by atoms with E-state index in [0.717, 1.165) is 31.9 Å². The second kappa shape index (κ2) is 6.99. The SMILES string of the molecule is CS(=O)(=O)c1ccc(-n2nc(C(F)F)c(C#N)c2NC2CCCC2)cn1. The highest BCUT2D eigenvalue weighted by Crippen LogP contribution is 2.32. The van der Waals surface area contributed by atoms with Crippen LogP contribution in [0.4, 0.5) is 14.6 Å². The van der Waals surface area contributed by atoms with Gasteiger partial charge in [-0.1, -0.05) is 12.8 Å². The third-order valence-corrected chi connectivity index (χ3v) is 5.27. The Bertz CT molecular complexity index is 942. The van der Waals surface area contributed by atoms with E-state index in [1.54, 1.807) is 6.07 Å². The second-order valence-electron chi connectivity index (χ2n) is 6.19. The molecule has 0 spiro atoms. The van der Waals surface area contributed by atoms with Crippen molar-refractivity contribution in [3.05, 3.63) is 29.6 Å². The van der Waals surface area contributed by atoms with Crippen LogP contribution in [0, 0.1) is 11.3 Å². The van der Waals surface area contributed by atoms with Crippen LogP contribution in [0.3, 0.4) is 0 Å². The van der Waals surface area contributed by atoms with Crippen LogP contribution in [0.2, 0.25) is 0 Å². The van der Waals surface area contributed by atoms with Gasteiger partial charge < -0.3 is 5.32 Å². The average molecular weight is 381 g/mol. The molecule has 1 aliphatic carbocycles. The third kappa shape index (κ3) is 3.53. The summed E-state index contributed by atoms with van der Waals surface area (Å²) in [4.78, 5) is 3.86. The number of alkyl halides is 2. The zero-order valence-corrected chi connectivity index (χ0v) is 14.8. The molecule has 2 aromatic heterocycles. The number of rotatable bonds is 5. The Balaban J connectivity index is 2.08. The Labute approximate surface area is 149 Å². The van der Waals surface area contributed by atoms with E-state index in [2.05, 4.69) is 15.4 Å². The van der Waals surface area contributed by atoms with E-state index in [1.165, 1.54) is 23.0 Å². The van der Waals surface area contributed by atoms with E-state index < -0.39 is 22.0 Å². The molecule has 1 aliphatic rings. The van der Waals surface area contributed by atoms with Crippen molar-refractivity contribution in [2.75, 3.05) is 11.6 Å². The number of nitrogens with zero attached hydrogens (tertiary/aromatic N) is 4. The Morgan fingerprint density at radius 1 is 1.35 bits per heavy atom. The predicted octanol–water partition coefficient (Wildman–Crippen LogP) is 2.83. The van der Waals surface area contributed by atoms with Crippen molar-refractivity contribution in [2.45, 2.75) is 43.2 Å². The van der Waals surface area contributed by atoms with Gasteiger partial charge in [0.2, 0.25) is 0 Å². The first-order valence-corrected chi connectivity index (χ1v) is 9.94. The minimum absolute atomic E-state index is 0.0753. The maximum absolute atomic E-state index is 13.3. The van der Waals surface area contributed by atoms with Crippen molar-refractivity contribution in [1.29, 1.82) is 5.26 Å². The quantitative estimate of drug-likeness (QED) is 0.855.